The van der Waals surface area contributed by atoms with Crippen LogP contribution in [0.4, 0.5) is 0 Å². The lowest BCUT2D eigenvalue weighted by atomic mass is 10.1. The SMILES string of the molecule is Cc1nn(C)c(C)c1CN(CC1CC1)C(=O)c1cccs1. The maximum absolute atomic E-state index is 12.7. The Labute approximate surface area is 129 Å². The molecule has 0 spiro atoms. The van der Waals surface area contributed by atoms with Crippen LogP contribution >= 0.6 is 11.3 Å². The molecule has 112 valence electrons. The van der Waals surface area contributed by atoms with Crippen molar-refractivity contribution in [1.29, 1.82) is 0 Å². The Morgan fingerprint density at radius 2 is 2.24 bits per heavy atom. The summed E-state index contributed by atoms with van der Waals surface area (Å²) >= 11 is 1.52. The average molecular weight is 303 g/mol. The number of aromatic nitrogens is 2. The van der Waals surface area contributed by atoms with E-state index in [2.05, 4.69) is 12.0 Å². The number of carbonyl (C=O) groups excluding carboxylic acids is 1. The van der Waals surface area contributed by atoms with Crippen LogP contribution in [0.25, 0.3) is 0 Å². The average Bonchev–Trinajstić information content (AvgIpc) is 3.03. The minimum Gasteiger partial charge on any atom is -0.333 e. The minimum absolute atomic E-state index is 0.152. The molecule has 0 aliphatic heterocycles. The van der Waals surface area contributed by atoms with Gasteiger partial charge in [0, 0.05) is 31.4 Å². The highest BCUT2D eigenvalue weighted by molar-refractivity contribution is 7.12. The van der Waals surface area contributed by atoms with Gasteiger partial charge in [0.05, 0.1) is 10.6 Å². The Hall–Kier alpha value is -1.62. The van der Waals surface area contributed by atoms with Crippen LogP contribution in [0.3, 0.4) is 0 Å². The first-order valence-corrected chi connectivity index (χ1v) is 8.26. The van der Waals surface area contributed by atoms with Crippen molar-refractivity contribution in [1.82, 2.24) is 14.7 Å². The van der Waals surface area contributed by atoms with E-state index < -0.39 is 0 Å². The molecule has 0 N–H and O–H groups in total. The first-order valence-electron chi connectivity index (χ1n) is 7.38. The van der Waals surface area contributed by atoms with Gasteiger partial charge in [-0.05, 0) is 44.1 Å². The summed E-state index contributed by atoms with van der Waals surface area (Å²) in [6.07, 6.45) is 2.50. The maximum Gasteiger partial charge on any atom is 0.264 e. The van der Waals surface area contributed by atoms with Crippen molar-refractivity contribution in [3.05, 3.63) is 39.3 Å². The number of nitrogens with zero attached hydrogens (tertiary/aromatic N) is 3. The van der Waals surface area contributed by atoms with Gasteiger partial charge in [0.25, 0.3) is 5.91 Å². The second-order valence-electron chi connectivity index (χ2n) is 5.88. The van der Waals surface area contributed by atoms with Crippen molar-refractivity contribution in [3.8, 4) is 0 Å². The summed E-state index contributed by atoms with van der Waals surface area (Å²) in [4.78, 5) is 15.5. The first-order chi connectivity index (χ1) is 10.1. The van der Waals surface area contributed by atoms with E-state index in [0.29, 0.717) is 12.5 Å². The molecule has 21 heavy (non-hydrogen) atoms. The molecule has 5 heteroatoms. The number of hydrogen-bond acceptors (Lipinski definition) is 3. The van der Waals surface area contributed by atoms with Crippen LogP contribution in [0.2, 0.25) is 0 Å². The van der Waals surface area contributed by atoms with Gasteiger partial charge >= 0.3 is 0 Å². The van der Waals surface area contributed by atoms with Crippen LogP contribution in [0.1, 0.15) is 39.5 Å². The molecule has 4 nitrogen and oxygen atoms in total. The summed E-state index contributed by atoms with van der Waals surface area (Å²) < 4.78 is 1.90. The third kappa shape index (κ3) is 3.02. The zero-order chi connectivity index (χ0) is 15.0. The molecule has 1 saturated carbocycles. The number of rotatable bonds is 5. The largest absolute Gasteiger partial charge is 0.333 e. The molecule has 1 amide bonds. The minimum atomic E-state index is 0.152. The van der Waals surface area contributed by atoms with Crippen molar-refractivity contribution in [2.75, 3.05) is 6.54 Å². The van der Waals surface area contributed by atoms with E-state index in [-0.39, 0.29) is 5.91 Å². The number of aryl methyl sites for hydroxylation is 2. The Balaban J connectivity index is 1.83. The summed E-state index contributed by atoms with van der Waals surface area (Å²) in [6, 6.07) is 3.85. The van der Waals surface area contributed by atoms with Gasteiger partial charge in [-0.2, -0.15) is 5.10 Å². The highest BCUT2D eigenvalue weighted by Crippen LogP contribution is 2.31. The summed E-state index contributed by atoms with van der Waals surface area (Å²) in [5.74, 6) is 0.839. The fraction of sp³-hybridized carbons (Fsp3) is 0.500. The third-order valence-electron chi connectivity index (χ3n) is 4.20. The molecule has 2 heterocycles. The zero-order valence-electron chi connectivity index (χ0n) is 12.8. The molecule has 0 radical (unpaired) electrons. The van der Waals surface area contributed by atoms with Gasteiger partial charge in [-0.1, -0.05) is 6.07 Å². The topological polar surface area (TPSA) is 38.1 Å². The van der Waals surface area contributed by atoms with Crippen molar-refractivity contribution in [2.45, 2.75) is 33.2 Å². The van der Waals surface area contributed by atoms with Crippen LogP contribution in [0, 0.1) is 19.8 Å². The number of amides is 1. The van der Waals surface area contributed by atoms with E-state index in [1.807, 2.05) is 41.1 Å². The van der Waals surface area contributed by atoms with Gasteiger partial charge in [0.1, 0.15) is 0 Å². The molecule has 1 fully saturated rings. The van der Waals surface area contributed by atoms with Crippen LogP contribution in [0.15, 0.2) is 17.5 Å². The van der Waals surface area contributed by atoms with E-state index in [1.54, 1.807) is 0 Å². The van der Waals surface area contributed by atoms with Gasteiger partial charge in [0.15, 0.2) is 0 Å². The number of thiophene rings is 1. The van der Waals surface area contributed by atoms with Crippen LogP contribution in [0.5, 0.6) is 0 Å². The summed E-state index contributed by atoms with van der Waals surface area (Å²) in [7, 11) is 1.96. The molecule has 1 aliphatic carbocycles. The van der Waals surface area contributed by atoms with Gasteiger partial charge in [0.2, 0.25) is 0 Å². The van der Waals surface area contributed by atoms with Gasteiger partial charge < -0.3 is 4.90 Å². The molecule has 0 aromatic carbocycles. The molecule has 0 unspecified atom stereocenters. The second-order valence-corrected chi connectivity index (χ2v) is 6.83. The number of hydrogen-bond donors (Lipinski definition) is 0. The maximum atomic E-state index is 12.7. The lowest BCUT2D eigenvalue weighted by molar-refractivity contribution is 0.0739. The van der Waals surface area contributed by atoms with Gasteiger partial charge in [-0.3, -0.25) is 9.48 Å². The van der Waals surface area contributed by atoms with Crippen molar-refractivity contribution >= 4 is 17.2 Å². The zero-order valence-corrected chi connectivity index (χ0v) is 13.6. The smallest absolute Gasteiger partial charge is 0.264 e. The summed E-state index contributed by atoms with van der Waals surface area (Å²) in [6.45, 7) is 5.62. The predicted molar refractivity (Wildman–Crippen MR) is 84.5 cm³/mol. The first kappa shape index (κ1) is 14.3. The van der Waals surface area contributed by atoms with Crippen LogP contribution in [-0.4, -0.2) is 27.1 Å². The van der Waals surface area contributed by atoms with Crippen LogP contribution in [-0.2, 0) is 13.6 Å². The van der Waals surface area contributed by atoms with E-state index >= 15 is 0 Å². The Morgan fingerprint density at radius 1 is 1.48 bits per heavy atom. The normalized spacial score (nSPS) is 14.4. The Morgan fingerprint density at radius 3 is 2.76 bits per heavy atom. The molecular weight excluding hydrogens is 282 g/mol. The van der Waals surface area contributed by atoms with Crippen molar-refractivity contribution in [3.63, 3.8) is 0 Å². The molecule has 0 saturated heterocycles. The predicted octanol–water partition coefficient (Wildman–Crippen LogP) is 3.15. The monoisotopic (exact) mass is 303 g/mol. The lowest BCUT2D eigenvalue weighted by Crippen LogP contribution is -2.32. The van der Waals surface area contributed by atoms with E-state index in [0.717, 1.165) is 22.8 Å². The Bertz CT molecular complexity index is 641. The van der Waals surface area contributed by atoms with Crippen molar-refractivity contribution in [2.24, 2.45) is 13.0 Å². The molecule has 3 rings (SSSR count). The van der Waals surface area contributed by atoms with Crippen molar-refractivity contribution < 1.29 is 4.79 Å². The highest BCUT2D eigenvalue weighted by Gasteiger charge is 2.28. The molecule has 2 aromatic rings. The van der Waals surface area contributed by atoms with E-state index in [1.165, 1.54) is 29.7 Å². The van der Waals surface area contributed by atoms with Gasteiger partial charge in [-0.25, -0.2) is 0 Å². The molecular formula is C16H21N3OS. The molecule has 0 atom stereocenters. The summed E-state index contributed by atoms with van der Waals surface area (Å²) in [5, 5.41) is 6.42. The second kappa shape index (κ2) is 5.64. The summed E-state index contributed by atoms with van der Waals surface area (Å²) in [5.41, 5.74) is 3.35. The third-order valence-corrected chi connectivity index (χ3v) is 5.06. The quantitative estimate of drug-likeness (QED) is 0.851. The van der Waals surface area contributed by atoms with E-state index in [4.69, 9.17) is 0 Å². The Kier molecular flexibility index (Phi) is 3.85. The van der Waals surface area contributed by atoms with E-state index in [9.17, 15) is 4.79 Å². The van der Waals surface area contributed by atoms with Gasteiger partial charge in [-0.15, -0.1) is 11.3 Å². The number of carbonyl (C=O) groups is 1. The standard InChI is InChI=1S/C16H21N3OS/c1-11-14(12(2)18(3)17-11)10-19(9-13-6-7-13)16(20)15-5-4-8-21-15/h4-5,8,13H,6-7,9-10H2,1-3H3. The lowest BCUT2D eigenvalue weighted by Gasteiger charge is -2.22. The molecule has 1 aliphatic rings. The molecule has 2 aromatic heterocycles. The fourth-order valence-electron chi connectivity index (χ4n) is 2.62. The van der Waals surface area contributed by atoms with Crippen LogP contribution < -0.4 is 0 Å². The molecule has 0 bridgehead atoms. The fourth-order valence-corrected chi connectivity index (χ4v) is 3.32. The highest BCUT2D eigenvalue weighted by atomic mass is 32.1.